The predicted molar refractivity (Wildman–Crippen MR) is 90.3 cm³/mol. The quantitative estimate of drug-likeness (QED) is 0.778. The number of fused-ring (bicyclic) bond motifs is 1. The minimum Gasteiger partial charge on any atom is -0.390 e. The highest BCUT2D eigenvalue weighted by molar-refractivity contribution is 5.88. The molecule has 0 aliphatic heterocycles. The highest BCUT2D eigenvalue weighted by Gasteiger charge is 2.18. The van der Waals surface area contributed by atoms with Gasteiger partial charge in [0.05, 0.1) is 11.3 Å². The second-order valence-electron chi connectivity index (χ2n) is 6.72. The summed E-state index contributed by atoms with van der Waals surface area (Å²) in [5.41, 5.74) is 3.29. The second kappa shape index (κ2) is 6.20. The van der Waals surface area contributed by atoms with Gasteiger partial charge in [0.1, 0.15) is 11.3 Å². The fourth-order valence-corrected chi connectivity index (χ4v) is 2.77. The summed E-state index contributed by atoms with van der Waals surface area (Å²) in [4.78, 5) is 2.01. The summed E-state index contributed by atoms with van der Waals surface area (Å²) in [5, 5.41) is 18.0. The van der Waals surface area contributed by atoms with E-state index in [1.54, 1.807) is 26.0 Å². The molecule has 0 radical (unpaired) electrons. The van der Waals surface area contributed by atoms with Crippen molar-refractivity contribution in [2.45, 2.75) is 32.4 Å². The van der Waals surface area contributed by atoms with Crippen molar-refractivity contribution in [3.05, 3.63) is 53.3 Å². The lowest BCUT2D eigenvalue weighted by molar-refractivity contribution is 0.0810. The molecule has 3 rings (SSSR count). The minimum absolute atomic E-state index is 0.253. The number of nitrogens with zero attached hydrogens (tertiary/aromatic N) is 3. The van der Waals surface area contributed by atoms with Gasteiger partial charge in [0.2, 0.25) is 0 Å². The van der Waals surface area contributed by atoms with Crippen molar-refractivity contribution in [1.82, 2.24) is 10.3 Å². The molecule has 24 heavy (non-hydrogen) atoms. The lowest BCUT2D eigenvalue weighted by atomic mass is 9.97. The molecular weight excluding hydrogens is 309 g/mol. The standard InChI is InChI=1S/C18H20FN3O2/c1-18(2,23)10-13-8-15-17(21-24-20-15)16(9-13)22(3)11-12-4-6-14(19)7-5-12/h4-9,23H,10-11H2,1-3H3. The van der Waals surface area contributed by atoms with E-state index in [0.29, 0.717) is 24.0 Å². The van der Waals surface area contributed by atoms with Crippen molar-refractivity contribution in [2.24, 2.45) is 0 Å². The van der Waals surface area contributed by atoms with Crippen molar-refractivity contribution in [3.8, 4) is 0 Å². The molecule has 0 amide bonds. The molecule has 6 heteroatoms. The highest BCUT2D eigenvalue weighted by atomic mass is 19.1. The maximum atomic E-state index is 13.1. The summed E-state index contributed by atoms with van der Waals surface area (Å²) in [6, 6.07) is 10.3. The largest absolute Gasteiger partial charge is 0.390 e. The van der Waals surface area contributed by atoms with Crippen molar-refractivity contribution < 1.29 is 14.1 Å². The van der Waals surface area contributed by atoms with Crippen LogP contribution in [0.4, 0.5) is 10.1 Å². The van der Waals surface area contributed by atoms with E-state index in [1.807, 2.05) is 24.1 Å². The van der Waals surface area contributed by atoms with Gasteiger partial charge in [-0.2, -0.15) is 0 Å². The molecule has 0 spiro atoms. The molecule has 2 aromatic carbocycles. The number of aromatic nitrogens is 2. The molecule has 0 aliphatic rings. The molecular formula is C18H20FN3O2. The number of anilines is 1. The first-order chi connectivity index (χ1) is 11.3. The summed E-state index contributed by atoms with van der Waals surface area (Å²) in [6.45, 7) is 4.12. The maximum Gasteiger partial charge on any atom is 0.158 e. The molecule has 3 aromatic rings. The van der Waals surface area contributed by atoms with E-state index in [0.717, 1.165) is 16.8 Å². The smallest absolute Gasteiger partial charge is 0.158 e. The first-order valence-electron chi connectivity index (χ1n) is 7.75. The zero-order valence-corrected chi connectivity index (χ0v) is 14.0. The van der Waals surface area contributed by atoms with Crippen LogP contribution in [-0.4, -0.2) is 28.1 Å². The summed E-state index contributed by atoms with van der Waals surface area (Å²) in [6.07, 6.45) is 0.493. The lowest BCUT2D eigenvalue weighted by Crippen LogP contribution is -2.22. The molecule has 1 aromatic heterocycles. The van der Waals surface area contributed by atoms with Crippen molar-refractivity contribution in [1.29, 1.82) is 0 Å². The number of hydrogen-bond acceptors (Lipinski definition) is 5. The van der Waals surface area contributed by atoms with Gasteiger partial charge >= 0.3 is 0 Å². The van der Waals surface area contributed by atoms with Crippen LogP contribution < -0.4 is 4.90 Å². The van der Waals surface area contributed by atoms with Crippen molar-refractivity contribution in [3.63, 3.8) is 0 Å². The number of benzene rings is 2. The van der Waals surface area contributed by atoms with Crippen molar-refractivity contribution in [2.75, 3.05) is 11.9 Å². The van der Waals surface area contributed by atoms with Gasteiger partial charge in [-0.3, -0.25) is 0 Å². The Kier molecular flexibility index (Phi) is 4.24. The molecule has 1 N–H and O–H groups in total. The van der Waals surface area contributed by atoms with E-state index in [1.165, 1.54) is 12.1 Å². The zero-order valence-electron chi connectivity index (χ0n) is 14.0. The van der Waals surface area contributed by atoms with Crippen LogP contribution >= 0.6 is 0 Å². The molecule has 126 valence electrons. The highest BCUT2D eigenvalue weighted by Crippen LogP contribution is 2.28. The Morgan fingerprint density at radius 1 is 1.12 bits per heavy atom. The third-order valence-electron chi connectivity index (χ3n) is 3.78. The van der Waals surface area contributed by atoms with Gasteiger partial charge in [0.15, 0.2) is 5.52 Å². The number of halogens is 1. The third kappa shape index (κ3) is 3.71. The third-order valence-corrected chi connectivity index (χ3v) is 3.78. The molecule has 0 aliphatic carbocycles. The molecule has 5 nitrogen and oxygen atoms in total. The van der Waals surface area contributed by atoms with E-state index in [-0.39, 0.29) is 5.82 Å². The fourth-order valence-electron chi connectivity index (χ4n) is 2.77. The number of rotatable bonds is 5. The van der Waals surface area contributed by atoms with Gasteiger partial charge in [0.25, 0.3) is 0 Å². The Morgan fingerprint density at radius 3 is 2.50 bits per heavy atom. The Balaban J connectivity index is 1.94. The predicted octanol–water partition coefficient (Wildman–Crippen LogP) is 3.31. The summed E-state index contributed by atoms with van der Waals surface area (Å²) in [5.74, 6) is -0.253. The summed E-state index contributed by atoms with van der Waals surface area (Å²) in [7, 11) is 1.93. The van der Waals surface area contributed by atoms with Crippen LogP contribution in [0.15, 0.2) is 41.0 Å². The first-order valence-corrected chi connectivity index (χ1v) is 7.75. The van der Waals surface area contributed by atoms with Gasteiger partial charge in [-0.05, 0) is 59.6 Å². The Hall–Kier alpha value is -2.47. The molecule has 0 fully saturated rings. The van der Waals surface area contributed by atoms with Crippen LogP contribution in [0.2, 0.25) is 0 Å². The molecule has 0 atom stereocenters. The number of hydrogen-bond donors (Lipinski definition) is 1. The monoisotopic (exact) mass is 329 g/mol. The van der Waals surface area contributed by atoms with Gasteiger partial charge in [-0.1, -0.05) is 12.1 Å². The number of aliphatic hydroxyl groups is 1. The normalized spacial score (nSPS) is 11.9. The molecule has 0 unspecified atom stereocenters. The Morgan fingerprint density at radius 2 is 1.83 bits per heavy atom. The Labute approximate surface area is 139 Å². The summed E-state index contributed by atoms with van der Waals surface area (Å²) < 4.78 is 17.9. The molecule has 0 bridgehead atoms. The van der Waals surface area contributed by atoms with E-state index >= 15 is 0 Å². The van der Waals surface area contributed by atoms with Gasteiger partial charge in [0, 0.05) is 20.0 Å². The SMILES string of the molecule is CN(Cc1ccc(F)cc1)c1cc(CC(C)(C)O)cc2nonc12. The zero-order chi connectivity index (χ0) is 17.3. The van der Waals surface area contributed by atoms with Crippen LogP contribution in [0.3, 0.4) is 0 Å². The van der Waals surface area contributed by atoms with Crippen LogP contribution in [0.1, 0.15) is 25.0 Å². The van der Waals surface area contributed by atoms with E-state index < -0.39 is 5.60 Å². The average molecular weight is 329 g/mol. The fraction of sp³-hybridized carbons (Fsp3) is 0.333. The van der Waals surface area contributed by atoms with Gasteiger partial charge in [-0.15, -0.1) is 0 Å². The van der Waals surface area contributed by atoms with Crippen molar-refractivity contribution >= 4 is 16.7 Å². The van der Waals surface area contributed by atoms with Crippen LogP contribution in [0.25, 0.3) is 11.0 Å². The lowest BCUT2D eigenvalue weighted by Gasteiger charge is -2.22. The minimum atomic E-state index is -0.822. The molecule has 0 saturated heterocycles. The summed E-state index contributed by atoms with van der Waals surface area (Å²) >= 11 is 0. The van der Waals surface area contributed by atoms with Gasteiger partial charge < -0.3 is 10.0 Å². The molecule has 1 heterocycles. The van der Waals surface area contributed by atoms with Gasteiger partial charge in [-0.25, -0.2) is 9.02 Å². The average Bonchev–Trinajstić information content (AvgIpc) is 2.95. The molecule has 0 saturated carbocycles. The second-order valence-corrected chi connectivity index (χ2v) is 6.72. The van der Waals surface area contributed by atoms with Crippen LogP contribution in [0, 0.1) is 5.82 Å². The van der Waals surface area contributed by atoms with E-state index in [9.17, 15) is 9.50 Å². The van der Waals surface area contributed by atoms with E-state index in [4.69, 9.17) is 4.63 Å². The van der Waals surface area contributed by atoms with E-state index in [2.05, 4.69) is 10.3 Å². The topological polar surface area (TPSA) is 62.4 Å². The maximum absolute atomic E-state index is 13.1. The van der Waals surface area contributed by atoms with Crippen LogP contribution in [-0.2, 0) is 13.0 Å². The van der Waals surface area contributed by atoms with Crippen LogP contribution in [0.5, 0.6) is 0 Å². The Bertz CT molecular complexity index is 838. The first kappa shape index (κ1) is 16.4.